The van der Waals surface area contributed by atoms with Crippen molar-refractivity contribution in [1.29, 1.82) is 0 Å². The Morgan fingerprint density at radius 1 is 1.19 bits per heavy atom. The van der Waals surface area contributed by atoms with Crippen LogP contribution < -0.4 is 9.86 Å². The van der Waals surface area contributed by atoms with Gasteiger partial charge in [0.05, 0.1) is 11.3 Å². The number of H-pyrrole nitrogens is 1. The van der Waals surface area contributed by atoms with Gasteiger partial charge in [-0.2, -0.15) is 11.8 Å². The number of pyridine rings is 2. The molecule has 0 aliphatic carbocycles. The number of fused-ring (bicyclic) bond motifs is 1. The minimum absolute atomic E-state index is 0.0251. The van der Waals surface area contributed by atoms with Crippen LogP contribution in [0.2, 0.25) is 0 Å². The second kappa shape index (κ2) is 6.29. The zero-order chi connectivity index (χ0) is 18.3. The van der Waals surface area contributed by atoms with Gasteiger partial charge in [0.2, 0.25) is 0 Å². The lowest BCUT2D eigenvalue weighted by atomic mass is 10.3. The summed E-state index contributed by atoms with van der Waals surface area (Å²) in [5, 5.41) is 3.04. The molecule has 0 amide bonds. The Balaban J connectivity index is 1.67. The van der Waals surface area contributed by atoms with E-state index in [1.165, 1.54) is 36.3 Å². The van der Waals surface area contributed by atoms with Crippen LogP contribution in [0.4, 0.5) is 5.82 Å². The predicted molar refractivity (Wildman–Crippen MR) is 99.0 cm³/mol. The van der Waals surface area contributed by atoms with Crippen LogP contribution in [0.5, 0.6) is 0 Å². The number of aromatic amines is 1. The number of sulfonamides is 1. The van der Waals surface area contributed by atoms with Gasteiger partial charge in [-0.05, 0) is 24.3 Å². The van der Waals surface area contributed by atoms with Crippen molar-refractivity contribution in [2.24, 2.45) is 0 Å². The zero-order valence-electron chi connectivity index (χ0n) is 13.8. The Morgan fingerprint density at radius 2 is 2.04 bits per heavy atom. The predicted octanol–water partition coefficient (Wildman–Crippen LogP) is 1.53. The maximum absolute atomic E-state index is 12.7. The SMILES string of the molecule is CN(c1ccccn1)S(=O)(=O)c1ccc(-n2[nH]c3c(c2=O)CSC3)nc1. The van der Waals surface area contributed by atoms with Gasteiger partial charge in [-0.25, -0.2) is 23.1 Å². The highest BCUT2D eigenvalue weighted by molar-refractivity contribution is 7.98. The summed E-state index contributed by atoms with van der Waals surface area (Å²) in [5.74, 6) is 2.11. The van der Waals surface area contributed by atoms with Crippen molar-refractivity contribution in [2.75, 3.05) is 11.4 Å². The molecule has 134 valence electrons. The maximum atomic E-state index is 12.7. The number of anilines is 1. The van der Waals surface area contributed by atoms with Crippen molar-refractivity contribution < 1.29 is 8.42 Å². The summed E-state index contributed by atoms with van der Waals surface area (Å²) in [6.07, 6.45) is 2.77. The van der Waals surface area contributed by atoms with Gasteiger partial charge in [-0.3, -0.25) is 14.2 Å². The van der Waals surface area contributed by atoms with Gasteiger partial charge in [0.25, 0.3) is 15.6 Å². The molecule has 0 atom stereocenters. The first-order chi connectivity index (χ1) is 12.5. The van der Waals surface area contributed by atoms with Crippen molar-refractivity contribution >= 4 is 27.6 Å². The van der Waals surface area contributed by atoms with E-state index in [-0.39, 0.29) is 10.5 Å². The normalized spacial score (nSPS) is 13.6. The molecule has 0 bridgehead atoms. The monoisotopic (exact) mass is 389 g/mol. The molecular weight excluding hydrogens is 374 g/mol. The molecule has 26 heavy (non-hydrogen) atoms. The average molecular weight is 389 g/mol. The molecule has 0 saturated heterocycles. The lowest BCUT2D eigenvalue weighted by molar-refractivity contribution is 0.593. The fourth-order valence-corrected chi connectivity index (χ4v) is 4.82. The second-order valence-electron chi connectivity index (χ2n) is 5.71. The Bertz CT molecular complexity index is 1110. The van der Waals surface area contributed by atoms with Crippen molar-refractivity contribution in [3.05, 3.63) is 64.3 Å². The summed E-state index contributed by atoms with van der Waals surface area (Å²) >= 11 is 1.68. The van der Waals surface area contributed by atoms with E-state index < -0.39 is 10.0 Å². The lowest BCUT2D eigenvalue weighted by Crippen LogP contribution is -2.27. The van der Waals surface area contributed by atoms with Crippen LogP contribution in [0.3, 0.4) is 0 Å². The molecule has 0 fully saturated rings. The number of nitrogens with one attached hydrogen (secondary N) is 1. The first-order valence-corrected chi connectivity index (χ1v) is 10.3. The van der Waals surface area contributed by atoms with Crippen molar-refractivity contribution in [3.63, 3.8) is 0 Å². The Kier molecular flexibility index (Phi) is 4.08. The third-order valence-corrected chi connectivity index (χ3v) is 6.88. The lowest BCUT2D eigenvalue weighted by Gasteiger charge is -2.18. The van der Waals surface area contributed by atoms with Crippen molar-refractivity contribution in [2.45, 2.75) is 16.4 Å². The van der Waals surface area contributed by atoms with E-state index in [0.29, 0.717) is 17.4 Å². The molecule has 0 saturated carbocycles. The number of hydrogen-bond acceptors (Lipinski definition) is 6. The molecule has 10 heteroatoms. The van der Waals surface area contributed by atoms with Crippen LogP contribution in [-0.2, 0) is 21.5 Å². The minimum Gasteiger partial charge on any atom is -0.292 e. The smallest absolute Gasteiger partial charge is 0.276 e. The molecule has 4 heterocycles. The molecule has 1 aliphatic rings. The summed E-state index contributed by atoms with van der Waals surface area (Å²) in [6, 6.07) is 7.98. The highest BCUT2D eigenvalue weighted by Gasteiger charge is 2.24. The molecule has 0 spiro atoms. The van der Waals surface area contributed by atoms with Crippen LogP contribution in [0.25, 0.3) is 5.82 Å². The molecule has 4 rings (SSSR count). The molecule has 0 unspecified atom stereocenters. The number of nitrogens with zero attached hydrogens (tertiary/aromatic N) is 4. The largest absolute Gasteiger partial charge is 0.292 e. The Hall–Kier alpha value is -2.59. The minimum atomic E-state index is -3.79. The van der Waals surface area contributed by atoms with E-state index in [0.717, 1.165) is 21.3 Å². The maximum Gasteiger partial charge on any atom is 0.276 e. The number of thioether (sulfide) groups is 1. The van der Waals surface area contributed by atoms with Crippen LogP contribution in [-0.4, -0.2) is 35.2 Å². The highest BCUT2D eigenvalue weighted by atomic mass is 32.2. The molecular formula is C16H15N5O3S2. The van der Waals surface area contributed by atoms with Crippen LogP contribution in [0.1, 0.15) is 11.3 Å². The van der Waals surface area contributed by atoms with E-state index in [9.17, 15) is 13.2 Å². The van der Waals surface area contributed by atoms with E-state index in [2.05, 4.69) is 15.1 Å². The first-order valence-electron chi connectivity index (χ1n) is 7.75. The first kappa shape index (κ1) is 16.9. The van der Waals surface area contributed by atoms with E-state index >= 15 is 0 Å². The van der Waals surface area contributed by atoms with Crippen LogP contribution in [0.15, 0.2) is 52.4 Å². The zero-order valence-corrected chi connectivity index (χ0v) is 15.4. The summed E-state index contributed by atoms with van der Waals surface area (Å²) in [4.78, 5) is 20.6. The van der Waals surface area contributed by atoms with E-state index in [1.54, 1.807) is 30.0 Å². The molecule has 8 nitrogen and oxygen atoms in total. The van der Waals surface area contributed by atoms with Crippen molar-refractivity contribution in [1.82, 2.24) is 19.7 Å². The van der Waals surface area contributed by atoms with Gasteiger partial charge in [0.15, 0.2) is 5.82 Å². The van der Waals surface area contributed by atoms with Crippen LogP contribution in [0, 0.1) is 0 Å². The quantitative estimate of drug-likeness (QED) is 0.726. The molecule has 3 aromatic rings. The number of aromatic nitrogens is 4. The summed E-state index contributed by atoms with van der Waals surface area (Å²) in [5.41, 5.74) is 1.51. The van der Waals surface area contributed by atoms with E-state index in [1.807, 2.05) is 0 Å². The summed E-state index contributed by atoms with van der Waals surface area (Å²) < 4.78 is 27.9. The van der Waals surface area contributed by atoms with Gasteiger partial charge in [-0.15, -0.1) is 0 Å². The Morgan fingerprint density at radius 3 is 2.69 bits per heavy atom. The van der Waals surface area contributed by atoms with Gasteiger partial charge in [-0.1, -0.05) is 6.07 Å². The van der Waals surface area contributed by atoms with Gasteiger partial charge in [0, 0.05) is 30.9 Å². The van der Waals surface area contributed by atoms with Crippen LogP contribution >= 0.6 is 11.8 Å². The summed E-state index contributed by atoms with van der Waals surface area (Å²) in [7, 11) is -2.36. The van der Waals surface area contributed by atoms with Gasteiger partial charge in [0.1, 0.15) is 10.7 Å². The van der Waals surface area contributed by atoms with E-state index in [4.69, 9.17) is 0 Å². The molecule has 3 aromatic heterocycles. The molecule has 1 N–H and O–H groups in total. The Labute approximate surface area is 153 Å². The topological polar surface area (TPSA) is 101 Å². The fraction of sp³-hybridized carbons (Fsp3) is 0.188. The summed E-state index contributed by atoms with van der Waals surface area (Å²) in [6.45, 7) is 0. The standard InChI is InChI=1S/C16H15N5O3S2/c1-20(14-4-2-3-7-17-14)26(23,24)11-5-6-15(18-8-11)21-16(22)12-9-25-10-13(12)19-21/h2-8,19H,9-10H2,1H3. The van der Waals surface area contributed by atoms with Gasteiger partial charge < -0.3 is 0 Å². The number of rotatable bonds is 4. The molecule has 1 aliphatic heterocycles. The third kappa shape index (κ3) is 2.71. The second-order valence-corrected chi connectivity index (χ2v) is 8.67. The number of hydrogen-bond donors (Lipinski definition) is 1. The molecule has 0 aromatic carbocycles. The molecule has 0 radical (unpaired) electrons. The highest BCUT2D eigenvalue weighted by Crippen LogP contribution is 2.26. The third-order valence-electron chi connectivity index (χ3n) is 4.15. The van der Waals surface area contributed by atoms with Gasteiger partial charge >= 0.3 is 0 Å². The average Bonchev–Trinajstić information content (AvgIpc) is 3.25. The fourth-order valence-electron chi connectivity index (χ4n) is 2.68. The van der Waals surface area contributed by atoms with Crippen molar-refractivity contribution in [3.8, 4) is 5.82 Å².